The zero-order valence-electron chi connectivity index (χ0n) is 34.7. The highest BCUT2D eigenvalue weighted by atomic mass is 32.2. The van der Waals surface area contributed by atoms with Gasteiger partial charge in [-0.2, -0.15) is 0 Å². The van der Waals surface area contributed by atoms with Crippen LogP contribution in [0.5, 0.6) is 17.2 Å². The van der Waals surface area contributed by atoms with Crippen LogP contribution in [0.3, 0.4) is 0 Å². The van der Waals surface area contributed by atoms with E-state index >= 15 is 8.78 Å². The number of ether oxygens (including phenoxy) is 2. The van der Waals surface area contributed by atoms with E-state index < -0.39 is 22.5 Å². The molecule has 12 nitrogen and oxygen atoms in total. The predicted molar refractivity (Wildman–Crippen MR) is 239 cm³/mol. The van der Waals surface area contributed by atoms with Crippen LogP contribution < -0.4 is 41.6 Å². The van der Waals surface area contributed by atoms with Crippen molar-refractivity contribution in [3.63, 3.8) is 0 Å². The monoisotopic (exact) mass is 872 g/mol. The highest BCUT2D eigenvalue weighted by Gasteiger charge is 2.40. The van der Waals surface area contributed by atoms with Crippen LogP contribution in [0.1, 0.15) is 86.1 Å². The molecule has 5 aromatic rings. The summed E-state index contributed by atoms with van der Waals surface area (Å²) in [5, 5.41) is 12.9. The first-order chi connectivity index (χ1) is 29.3. The number of aromatic nitrogens is 2. The second-order valence-electron chi connectivity index (χ2n) is 17.6. The first kappa shape index (κ1) is 40.4. The lowest BCUT2D eigenvalue weighted by atomic mass is 9.96. The summed E-state index contributed by atoms with van der Waals surface area (Å²) in [5.41, 5.74) is 14.8. The van der Waals surface area contributed by atoms with Crippen LogP contribution in [0.4, 0.5) is 20.2 Å². The molecule has 0 amide bonds. The van der Waals surface area contributed by atoms with Crippen molar-refractivity contribution in [3.8, 4) is 17.2 Å². The summed E-state index contributed by atoms with van der Waals surface area (Å²) >= 11 is 2.70. The van der Waals surface area contributed by atoms with Gasteiger partial charge in [0.1, 0.15) is 22.0 Å². The zero-order valence-corrected chi connectivity index (χ0v) is 36.3. The molecular weight excluding hydrogens is 823 g/mol. The Morgan fingerprint density at radius 2 is 1.43 bits per heavy atom. The van der Waals surface area contributed by atoms with E-state index in [0.29, 0.717) is 82.0 Å². The van der Waals surface area contributed by atoms with Crippen molar-refractivity contribution < 1.29 is 28.2 Å². The minimum atomic E-state index is -0.580. The van der Waals surface area contributed by atoms with Crippen LogP contribution in [-0.2, 0) is 0 Å². The van der Waals surface area contributed by atoms with Gasteiger partial charge in [0.05, 0.1) is 62.6 Å². The standard InChI is InChI=1S/C45H50F2N6O6S2/c1-20(43-40(57)33-39(56)27-16-29(47)36(50-13-11-22(17-50)21(2)48)42(59-4)35(27)53(25-8-9-25)45(33)61-43)5-10-30(49)23-12-14-51(18-23)37-28(46)15-26-34(41(37)58-3)52(24-6-7-24)44-32(38(26)55)31(54)19-60-44/h5,15-16,21-25,30,57H,6-14,17-19,48-49H2,1-4H3/t21-,22+,23+,30-/m0/s1. The van der Waals surface area contributed by atoms with Crippen LogP contribution in [0.2, 0.25) is 0 Å². The molecule has 0 radical (unpaired) electrons. The Bertz CT molecular complexity index is 2840. The largest absolute Gasteiger partial charge is 0.506 e. The van der Waals surface area contributed by atoms with Gasteiger partial charge in [0.25, 0.3) is 0 Å². The normalized spacial score (nSPS) is 21.7. The van der Waals surface area contributed by atoms with Gasteiger partial charge >= 0.3 is 0 Å². The van der Waals surface area contributed by atoms with E-state index in [1.807, 2.05) is 34.3 Å². The number of halogens is 2. The second kappa shape index (κ2) is 15.0. The third kappa shape index (κ3) is 6.37. The van der Waals surface area contributed by atoms with Gasteiger partial charge in [0.2, 0.25) is 10.9 Å². The lowest BCUT2D eigenvalue weighted by Gasteiger charge is -2.26. The Morgan fingerprint density at radius 3 is 2.00 bits per heavy atom. The molecular formula is C45H50F2N6O6S2. The number of hydrogen-bond acceptors (Lipinski definition) is 12. The van der Waals surface area contributed by atoms with Crippen LogP contribution in [-0.4, -0.2) is 78.3 Å². The number of anilines is 2. The Labute approximate surface area is 359 Å². The molecule has 2 aromatic carbocycles. The van der Waals surface area contributed by atoms with Gasteiger partial charge in [-0.25, -0.2) is 8.78 Å². The summed E-state index contributed by atoms with van der Waals surface area (Å²) < 4.78 is 48.4. The fourth-order valence-electron chi connectivity index (χ4n) is 10.1. The average molecular weight is 873 g/mol. The zero-order chi connectivity index (χ0) is 42.8. The fourth-order valence-corrected chi connectivity index (χ4v) is 12.5. The second-order valence-corrected chi connectivity index (χ2v) is 19.6. The predicted octanol–water partition coefficient (Wildman–Crippen LogP) is 7.31. The number of aromatic hydroxyl groups is 1. The molecule has 16 heteroatoms. The molecule has 10 rings (SSSR count). The number of nitrogens with zero attached hydrogens (tertiary/aromatic N) is 4. The van der Waals surface area contributed by atoms with Crippen LogP contribution in [0.25, 0.3) is 37.6 Å². The lowest BCUT2D eigenvalue weighted by Crippen LogP contribution is -2.32. The first-order valence-corrected chi connectivity index (χ1v) is 23.1. The van der Waals surface area contributed by atoms with Crippen molar-refractivity contribution in [2.75, 3.05) is 56.0 Å². The minimum Gasteiger partial charge on any atom is -0.506 e. The third-order valence-corrected chi connectivity index (χ3v) is 16.0. The summed E-state index contributed by atoms with van der Waals surface area (Å²) in [6.45, 7) is 6.06. The van der Waals surface area contributed by atoms with Gasteiger partial charge < -0.3 is 45.0 Å². The van der Waals surface area contributed by atoms with Gasteiger partial charge in [0, 0.05) is 50.3 Å². The molecule has 5 N–H and O–H groups in total. The molecule has 5 aliphatic rings. The van der Waals surface area contributed by atoms with Crippen molar-refractivity contribution in [1.82, 2.24) is 9.13 Å². The number of thioether (sulfide) groups is 1. The smallest absolute Gasteiger partial charge is 0.202 e. The van der Waals surface area contributed by atoms with Crippen molar-refractivity contribution in [2.24, 2.45) is 23.3 Å². The first-order valence-electron chi connectivity index (χ1n) is 21.3. The van der Waals surface area contributed by atoms with Crippen LogP contribution in [0.15, 0.2) is 32.8 Å². The van der Waals surface area contributed by atoms with Crippen molar-refractivity contribution >= 4 is 77.9 Å². The van der Waals surface area contributed by atoms with Gasteiger partial charge in [-0.05, 0) is 88.3 Å². The van der Waals surface area contributed by atoms with E-state index in [-0.39, 0.29) is 80.7 Å². The number of thiophene rings is 1. The maximum atomic E-state index is 16.2. The van der Waals surface area contributed by atoms with Crippen LogP contribution in [0, 0.1) is 23.5 Å². The number of Topliss-reactive ketones (excluding diaryl/α,β-unsaturated/α-hetero) is 1. The van der Waals surface area contributed by atoms with E-state index in [4.69, 9.17) is 20.9 Å². The summed E-state index contributed by atoms with van der Waals surface area (Å²) in [6, 6.07) is 2.40. The summed E-state index contributed by atoms with van der Waals surface area (Å²) in [6.07, 6.45) is 7.54. The Balaban J connectivity index is 0.955. The topological polar surface area (TPSA) is 158 Å². The number of ketones is 1. The summed E-state index contributed by atoms with van der Waals surface area (Å²) in [7, 11) is 3.00. The third-order valence-electron chi connectivity index (χ3n) is 13.6. The molecule has 4 atom stereocenters. The number of allylic oxidation sites excluding steroid dienone is 1. The number of carbonyl (C=O) groups is 1. The molecule has 3 aliphatic heterocycles. The molecule has 322 valence electrons. The van der Waals surface area contributed by atoms with Gasteiger partial charge in [-0.1, -0.05) is 17.8 Å². The van der Waals surface area contributed by atoms with Crippen molar-refractivity contribution in [2.45, 2.75) is 88.0 Å². The molecule has 3 aromatic heterocycles. The Kier molecular flexibility index (Phi) is 9.96. The number of hydrogen-bond donors (Lipinski definition) is 3. The van der Waals surface area contributed by atoms with E-state index in [2.05, 4.69) is 4.57 Å². The lowest BCUT2D eigenvalue weighted by molar-refractivity contribution is 0.102. The van der Waals surface area contributed by atoms with E-state index in [9.17, 15) is 19.5 Å². The molecule has 0 bridgehead atoms. The summed E-state index contributed by atoms with van der Waals surface area (Å²) in [5.74, 6) is -0.469. The minimum absolute atomic E-state index is 0.00948. The van der Waals surface area contributed by atoms with Gasteiger partial charge in [0.15, 0.2) is 28.9 Å². The number of methoxy groups -OCH3 is 2. The van der Waals surface area contributed by atoms with Crippen molar-refractivity contribution in [1.29, 1.82) is 0 Å². The molecule has 2 aliphatic carbocycles. The van der Waals surface area contributed by atoms with Crippen LogP contribution >= 0.6 is 23.1 Å². The Hall–Kier alpha value is -4.64. The SMILES string of the molecule is COc1c(N2CC[C@@H]([C@@H](N)CC=C(C)c3sc4c(c3O)c(=O)c3cc(F)c(N5CC[C@@H]([C@H](C)N)C5)c(OC)c3n4C3CC3)C2)c(F)cc2c(=O)c3c(n(C4CC4)c12)SCC3=O. The van der Waals surface area contributed by atoms with Gasteiger partial charge in [-0.3, -0.25) is 14.4 Å². The van der Waals surface area contributed by atoms with Crippen molar-refractivity contribution in [3.05, 3.63) is 60.7 Å². The summed E-state index contributed by atoms with van der Waals surface area (Å²) in [4.78, 5) is 45.7. The number of rotatable bonds is 11. The number of pyridine rings is 2. The van der Waals surface area contributed by atoms with Gasteiger partial charge in [-0.15, -0.1) is 11.3 Å². The molecule has 61 heavy (non-hydrogen) atoms. The van der Waals surface area contributed by atoms with E-state index in [0.717, 1.165) is 37.7 Å². The highest BCUT2D eigenvalue weighted by molar-refractivity contribution is 8.00. The number of fused-ring (bicyclic) bond motifs is 4. The van der Waals surface area contributed by atoms with E-state index in [1.165, 1.54) is 49.5 Å². The highest BCUT2D eigenvalue weighted by Crippen LogP contribution is 2.51. The number of benzene rings is 2. The molecule has 2 saturated heterocycles. The maximum Gasteiger partial charge on any atom is 0.202 e. The molecule has 4 fully saturated rings. The number of carbonyl (C=O) groups excluding carboxylic acids is 1. The fraction of sp³-hybridized carbons (Fsp3) is 0.489. The molecule has 2 saturated carbocycles. The average Bonchev–Trinajstić information content (AvgIpc) is 4.06. The molecule has 6 heterocycles. The Morgan fingerprint density at radius 1 is 0.869 bits per heavy atom. The maximum absolute atomic E-state index is 16.2. The quantitative estimate of drug-likeness (QED) is 0.122. The molecule has 0 unspecified atom stereocenters. The van der Waals surface area contributed by atoms with E-state index in [1.54, 1.807) is 0 Å². The molecule has 0 spiro atoms. The number of nitrogens with two attached hydrogens (primary N) is 2.